The molecule has 0 aromatic rings. The topological polar surface area (TPSA) is 81.1 Å². The fourth-order valence-corrected chi connectivity index (χ4v) is 4.33. The Morgan fingerprint density at radius 2 is 2.05 bits per heavy atom. The number of aliphatic hydroxyl groups excluding tert-OH is 1. The van der Waals surface area contributed by atoms with Crippen LogP contribution in [-0.4, -0.2) is 68.4 Å². The number of amides is 2. The summed E-state index contributed by atoms with van der Waals surface area (Å²) in [5.41, 5.74) is 0. The molecule has 6 nitrogen and oxygen atoms in total. The van der Waals surface area contributed by atoms with E-state index < -0.39 is 12.0 Å². The molecule has 0 aromatic heterocycles. The first kappa shape index (κ1) is 16.4. The molecule has 0 spiro atoms. The molecule has 2 N–H and O–H groups in total. The Morgan fingerprint density at radius 3 is 2.48 bits per heavy atom. The van der Waals surface area contributed by atoms with Gasteiger partial charge in [0.1, 0.15) is 6.04 Å². The van der Waals surface area contributed by atoms with Gasteiger partial charge < -0.3 is 15.1 Å². The minimum Gasteiger partial charge on any atom is -0.480 e. The first-order chi connectivity index (χ1) is 9.97. The zero-order valence-electron chi connectivity index (χ0n) is 12.6. The molecule has 1 aliphatic carbocycles. The predicted molar refractivity (Wildman–Crippen MR) is 81.2 cm³/mol. The van der Waals surface area contributed by atoms with Crippen molar-refractivity contribution in [2.45, 2.75) is 50.6 Å². The summed E-state index contributed by atoms with van der Waals surface area (Å²) >= 11 is 1.53. The molecule has 7 heteroatoms. The maximum atomic E-state index is 12.9. The number of carboxylic acids is 1. The molecule has 0 radical (unpaired) electrons. The predicted octanol–water partition coefficient (Wildman–Crippen LogP) is 1.44. The summed E-state index contributed by atoms with van der Waals surface area (Å²) in [5, 5.41) is 18.5. The van der Waals surface area contributed by atoms with Crippen molar-refractivity contribution in [3.05, 3.63) is 0 Å². The molecule has 21 heavy (non-hydrogen) atoms. The number of urea groups is 1. The van der Waals surface area contributed by atoms with Crippen LogP contribution in [0.15, 0.2) is 0 Å². The Bertz CT molecular complexity index is 400. The lowest BCUT2D eigenvalue weighted by Crippen LogP contribution is -2.57. The Morgan fingerprint density at radius 1 is 1.38 bits per heavy atom. The van der Waals surface area contributed by atoms with Crippen LogP contribution < -0.4 is 0 Å². The van der Waals surface area contributed by atoms with Crippen LogP contribution in [0.25, 0.3) is 0 Å². The average molecular weight is 316 g/mol. The summed E-state index contributed by atoms with van der Waals surface area (Å²) < 4.78 is 0. The van der Waals surface area contributed by atoms with Crippen LogP contribution >= 0.6 is 11.8 Å². The van der Waals surface area contributed by atoms with Gasteiger partial charge in [0.15, 0.2) is 0 Å². The van der Waals surface area contributed by atoms with Crippen molar-refractivity contribution in [3.8, 4) is 0 Å². The molecule has 1 saturated carbocycles. The third-order valence-corrected chi connectivity index (χ3v) is 5.83. The Hall–Kier alpha value is -0.950. The summed E-state index contributed by atoms with van der Waals surface area (Å²) in [6.07, 6.45) is 2.97. The van der Waals surface area contributed by atoms with Gasteiger partial charge in [0.25, 0.3) is 0 Å². The standard InChI is InChI=1S/C14H24N2O4S/c1-9(2)12-16(11(8-21-12)13(18)19)14(20)15(6-7-17)10-4-3-5-10/h9-12,17H,3-8H2,1-2H3,(H,18,19). The molecule has 2 amide bonds. The van der Waals surface area contributed by atoms with Crippen LogP contribution in [0.1, 0.15) is 33.1 Å². The molecular formula is C14H24N2O4S. The van der Waals surface area contributed by atoms with Crippen LogP contribution in [0.5, 0.6) is 0 Å². The maximum Gasteiger partial charge on any atom is 0.327 e. The average Bonchev–Trinajstić information content (AvgIpc) is 2.80. The summed E-state index contributed by atoms with van der Waals surface area (Å²) in [4.78, 5) is 27.5. The van der Waals surface area contributed by atoms with Gasteiger partial charge in [-0.15, -0.1) is 11.8 Å². The van der Waals surface area contributed by atoms with Gasteiger partial charge in [-0.05, 0) is 25.2 Å². The number of nitrogens with zero attached hydrogens (tertiary/aromatic N) is 2. The highest BCUT2D eigenvalue weighted by Crippen LogP contribution is 2.36. The second kappa shape index (κ2) is 6.87. The van der Waals surface area contributed by atoms with Crippen LogP contribution in [0, 0.1) is 5.92 Å². The molecule has 0 bridgehead atoms. The molecule has 1 heterocycles. The molecular weight excluding hydrogens is 292 g/mol. The van der Waals surface area contributed by atoms with Crippen LogP contribution in [0.2, 0.25) is 0 Å². The van der Waals surface area contributed by atoms with Crippen molar-refractivity contribution in [1.29, 1.82) is 0 Å². The van der Waals surface area contributed by atoms with Gasteiger partial charge in [-0.25, -0.2) is 9.59 Å². The number of aliphatic carboxylic acids is 1. The van der Waals surface area contributed by atoms with Crippen molar-refractivity contribution in [2.75, 3.05) is 18.9 Å². The zero-order valence-corrected chi connectivity index (χ0v) is 13.4. The van der Waals surface area contributed by atoms with Gasteiger partial charge in [0.05, 0.1) is 12.0 Å². The van der Waals surface area contributed by atoms with E-state index >= 15 is 0 Å². The molecule has 2 rings (SSSR count). The lowest BCUT2D eigenvalue weighted by molar-refractivity contribution is -0.141. The van der Waals surface area contributed by atoms with Gasteiger partial charge in [-0.2, -0.15) is 0 Å². The third-order valence-electron chi connectivity index (χ3n) is 4.21. The van der Waals surface area contributed by atoms with E-state index in [0.29, 0.717) is 5.75 Å². The van der Waals surface area contributed by atoms with Gasteiger partial charge in [0, 0.05) is 18.3 Å². The number of hydrogen-bond acceptors (Lipinski definition) is 4. The maximum absolute atomic E-state index is 12.9. The van der Waals surface area contributed by atoms with E-state index in [0.717, 1.165) is 19.3 Å². The van der Waals surface area contributed by atoms with Crippen LogP contribution in [0.3, 0.4) is 0 Å². The SMILES string of the molecule is CC(C)C1SCC(C(=O)O)N1C(=O)N(CCO)C1CCC1. The second-order valence-corrected chi connectivity index (χ2v) is 7.16. The zero-order chi connectivity index (χ0) is 15.6. The molecule has 1 aliphatic heterocycles. The first-order valence-electron chi connectivity index (χ1n) is 7.51. The normalized spacial score (nSPS) is 26.0. The number of carboxylic acid groups (broad SMARTS) is 1. The highest BCUT2D eigenvalue weighted by molar-refractivity contribution is 8.00. The van der Waals surface area contributed by atoms with Gasteiger partial charge in [-0.3, -0.25) is 4.90 Å². The lowest BCUT2D eigenvalue weighted by Gasteiger charge is -2.41. The Kier molecular flexibility index (Phi) is 5.37. The highest BCUT2D eigenvalue weighted by Gasteiger charge is 2.45. The van der Waals surface area contributed by atoms with E-state index in [4.69, 9.17) is 0 Å². The largest absolute Gasteiger partial charge is 0.480 e. The number of carbonyl (C=O) groups excluding carboxylic acids is 1. The van der Waals surface area contributed by atoms with Crippen LogP contribution in [0.4, 0.5) is 4.79 Å². The second-order valence-electron chi connectivity index (χ2n) is 6.01. The van der Waals surface area contributed by atoms with E-state index in [1.807, 2.05) is 13.8 Å². The molecule has 2 fully saturated rings. The molecule has 1 saturated heterocycles. The van der Waals surface area contributed by atoms with Gasteiger partial charge in [-0.1, -0.05) is 13.8 Å². The Labute approximate surface area is 129 Å². The Balaban J connectivity index is 2.19. The molecule has 0 aromatic carbocycles. The smallest absolute Gasteiger partial charge is 0.327 e. The fraction of sp³-hybridized carbons (Fsp3) is 0.857. The number of carbonyl (C=O) groups is 2. The molecule has 2 aliphatic rings. The highest BCUT2D eigenvalue weighted by atomic mass is 32.2. The van der Waals surface area contributed by atoms with Crippen molar-refractivity contribution >= 4 is 23.8 Å². The van der Waals surface area contributed by atoms with E-state index in [9.17, 15) is 19.8 Å². The number of aliphatic hydroxyl groups is 1. The van der Waals surface area contributed by atoms with Crippen molar-refractivity contribution < 1.29 is 19.8 Å². The number of hydrogen-bond donors (Lipinski definition) is 2. The molecule has 2 unspecified atom stereocenters. The summed E-state index contributed by atoms with van der Waals surface area (Å²) in [6.45, 7) is 4.19. The van der Waals surface area contributed by atoms with Crippen molar-refractivity contribution in [3.63, 3.8) is 0 Å². The number of thioether (sulfide) groups is 1. The fourth-order valence-electron chi connectivity index (χ4n) is 2.86. The minimum absolute atomic E-state index is 0.0900. The third kappa shape index (κ3) is 3.29. The number of rotatable bonds is 5. The van der Waals surface area contributed by atoms with E-state index in [1.165, 1.54) is 16.7 Å². The van der Waals surface area contributed by atoms with Crippen LogP contribution in [-0.2, 0) is 4.79 Å². The first-order valence-corrected chi connectivity index (χ1v) is 8.56. The van der Waals surface area contributed by atoms with E-state index in [2.05, 4.69) is 0 Å². The lowest BCUT2D eigenvalue weighted by atomic mass is 9.91. The van der Waals surface area contributed by atoms with E-state index in [1.54, 1.807) is 4.90 Å². The summed E-state index contributed by atoms with van der Waals surface area (Å²) in [6, 6.07) is -0.849. The minimum atomic E-state index is -0.948. The quantitative estimate of drug-likeness (QED) is 0.802. The van der Waals surface area contributed by atoms with Gasteiger partial charge >= 0.3 is 12.0 Å². The molecule has 2 atom stereocenters. The van der Waals surface area contributed by atoms with Crippen molar-refractivity contribution in [2.24, 2.45) is 5.92 Å². The summed E-state index contributed by atoms with van der Waals surface area (Å²) in [5.74, 6) is -0.320. The van der Waals surface area contributed by atoms with Crippen molar-refractivity contribution in [1.82, 2.24) is 9.80 Å². The monoisotopic (exact) mass is 316 g/mol. The molecule has 120 valence electrons. The summed E-state index contributed by atoms with van der Waals surface area (Å²) in [7, 11) is 0. The van der Waals surface area contributed by atoms with Gasteiger partial charge in [0.2, 0.25) is 0 Å². The van der Waals surface area contributed by atoms with E-state index in [-0.39, 0.29) is 36.5 Å².